The van der Waals surface area contributed by atoms with Crippen molar-refractivity contribution in [1.29, 1.82) is 0 Å². The Labute approximate surface area is 122 Å². The number of phenols is 1. The molecular formula is C17H16O4. The number of hydrogen-bond donors (Lipinski definition) is 1. The van der Waals surface area contributed by atoms with Crippen LogP contribution in [0.15, 0.2) is 29.4 Å². The molecule has 0 aliphatic heterocycles. The quantitative estimate of drug-likeness (QED) is 0.847. The minimum Gasteiger partial charge on any atom is -0.507 e. The number of hydrogen-bond acceptors (Lipinski definition) is 4. The lowest BCUT2D eigenvalue weighted by atomic mass is 9.80. The topological polar surface area (TPSA) is 71.4 Å². The van der Waals surface area contributed by atoms with E-state index < -0.39 is 0 Å². The lowest BCUT2D eigenvalue weighted by Gasteiger charge is -2.21. The predicted molar refractivity (Wildman–Crippen MR) is 79.0 cm³/mol. The van der Waals surface area contributed by atoms with Crippen molar-refractivity contribution in [3.05, 3.63) is 51.6 Å². The molecule has 0 aromatic heterocycles. The third kappa shape index (κ3) is 2.13. The first kappa shape index (κ1) is 14.9. The molecule has 1 aromatic rings. The number of carbonyl (C=O) groups is 3. The number of allylic oxidation sites excluding steroid dienone is 4. The number of rotatable bonds is 2. The molecule has 4 nitrogen and oxygen atoms in total. The monoisotopic (exact) mass is 284 g/mol. The maximum atomic E-state index is 12.6. The van der Waals surface area contributed by atoms with Gasteiger partial charge in [0.15, 0.2) is 17.3 Å². The highest BCUT2D eigenvalue weighted by Gasteiger charge is 2.32. The van der Waals surface area contributed by atoms with Crippen molar-refractivity contribution >= 4 is 17.3 Å². The van der Waals surface area contributed by atoms with Crippen molar-refractivity contribution in [3.8, 4) is 5.75 Å². The van der Waals surface area contributed by atoms with E-state index in [4.69, 9.17) is 0 Å². The summed E-state index contributed by atoms with van der Waals surface area (Å²) in [6, 6.07) is 1.32. The molecule has 4 heteroatoms. The van der Waals surface area contributed by atoms with Crippen molar-refractivity contribution < 1.29 is 19.5 Å². The Morgan fingerprint density at radius 2 is 1.81 bits per heavy atom. The maximum absolute atomic E-state index is 12.6. The Morgan fingerprint density at radius 1 is 1.19 bits per heavy atom. The van der Waals surface area contributed by atoms with Crippen LogP contribution in [0.2, 0.25) is 0 Å². The average Bonchev–Trinajstić information content (AvgIpc) is 2.43. The van der Waals surface area contributed by atoms with Crippen LogP contribution in [0.1, 0.15) is 57.4 Å². The van der Waals surface area contributed by atoms with Crippen LogP contribution in [0, 0.1) is 6.92 Å². The minimum absolute atomic E-state index is 0.0645. The number of benzene rings is 1. The molecule has 1 aliphatic rings. The summed E-state index contributed by atoms with van der Waals surface area (Å²) in [6.07, 6.45) is 3.28. The fourth-order valence-corrected chi connectivity index (χ4v) is 2.54. The van der Waals surface area contributed by atoms with Gasteiger partial charge in [0.1, 0.15) is 5.75 Å². The Bertz CT molecular complexity index is 749. The fourth-order valence-electron chi connectivity index (χ4n) is 2.54. The van der Waals surface area contributed by atoms with Gasteiger partial charge < -0.3 is 5.11 Å². The minimum atomic E-state index is -0.348. The van der Waals surface area contributed by atoms with Gasteiger partial charge in [0.2, 0.25) is 0 Å². The van der Waals surface area contributed by atoms with Crippen LogP contribution >= 0.6 is 0 Å². The van der Waals surface area contributed by atoms with E-state index in [0.29, 0.717) is 11.1 Å². The van der Waals surface area contributed by atoms with E-state index in [-0.39, 0.29) is 45.4 Å². The Kier molecular flexibility index (Phi) is 3.64. The molecule has 2 rings (SSSR count). The van der Waals surface area contributed by atoms with Gasteiger partial charge >= 0.3 is 0 Å². The lowest BCUT2D eigenvalue weighted by Crippen LogP contribution is -2.22. The van der Waals surface area contributed by atoms with Gasteiger partial charge in [0.25, 0.3) is 0 Å². The van der Waals surface area contributed by atoms with Crippen molar-refractivity contribution in [2.24, 2.45) is 0 Å². The van der Waals surface area contributed by atoms with E-state index in [1.807, 2.05) is 0 Å². The first-order chi connectivity index (χ1) is 9.81. The molecule has 108 valence electrons. The van der Waals surface area contributed by atoms with Crippen LogP contribution in [0.3, 0.4) is 0 Å². The average molecular weight is 284 g/mol. The van der Waals surface area contributed by atoms with Crippen molar-refractivity contribution in [3.63, 3.8) is 0 Å². The van der Waals surface area contributed by atoms with Crippen molar-refractivity contribution in [2.75, 3.05) is 0 Å². The van der Waals surface area contributed by atoms with E-state index in [1.54, 1.807) is 32.9 Å². The van der Waals surface area contributed by atoms with Crippen LogP contribution in [-0.2, 0) is 0 Å². The number of fused-ring (bicyclic) bond motifs is 1. The van der Waals surface area contributed by atoms with Gasteiger partial charge in [0.05, 0.1) is 5.56 Å². The number of aromatic hydroxyl groups is 1. The highest BCUT2D eigenvalue weighted by Crippen LogP contribution is 2.35. The normalized spacial score (nSPS) is 14.9. The van der Waals surface area contributed by atoms with Gasteiger partial charge in [0, 0.05) is 27.8 Å². The number of phenolic OH excluding ortho intramolecular Hbond substituents is 1. The summed E-state index contributed by atoms with van der Waals surface area (Å²) < 4.78 is 0. The van der Waals surface area contributed by atoms with Crippen LogP contribution in [0.25, 0.3) is 0 Å². The SMILES string of the molecule is C/C=C/C1=C(C)C(=O)c2cc(C(C)=O)c(O)c(C)c2C1=O. The molecule has 0 saturated heterocycles. The molecule has 0 heterocycles. The highest BCUT2D eigenvalue weighted by molar-refractivity contribution is 6.29. The van der Waals surface area contributed by atoms with Gasteiger partial charge in [-0.15, -0.1) is 0 Å². The smallest absolute Gasteiger partial charge is 0.194 e. The van der Waals surface area contributed by atoms with Gasteiger partial charge in [-0.1, -0.05) is 12.2 Å². The highest BCUT2D eigenvalue weighted by atomic mass is 16.3. The molecule has 0 bridgehead atoms. The molecule has 0 spiro atoms. The summed E-state index contributed by atoms with van der Waals surface area (Å²) >= 11 is 0. The summed E-state index contributed by atoms with van der Waals surface area (Å²) in [4.78, 5) is 36.6. The van der Waals surface area contributed by atoms with Crippen LogP contribution in [0.5, 0.6) is 5.75 Å². The second-order valence-electron chi connectivity index (χ2n) is 5.07. The summed E-state index contributed by atoms with van der Waals surface area (Å²) in [5, 5.41) is 10.1. The number of ketones is 3. The Balaban J connectivity index is 2.84. The zero-order valence-electron chi connectivity index (χ0n) is 12.4. The number of Topliss-reactive ketones (excluding diaryl/α,β-unsaturated/α-hetero) is 3. The van der Waals surface area contributed by atoms with Crippen molar-refractivity contribution in [2.45, 2.75) is 27.7 Å². The van der Waals surface area contributed by atoms with E-state index >= 15 is 0 Å². The molecule has 1 N–H and O–H groups in total. The van der Waals surface area contributed by atoms with Crippen LogP contribution in [0.4, 0.5) is 0 Å². The second-order valence-corrected chi connectivity index (χ2v) is 5.07. The molecule has 0 unspecified atom stereocenters. The summed E-state index contributed by atoms with van der Waals surface area (Å²) in [6.45, 7) is 6.20. The van der Waals surface area contributed by atoms with Gasteiger partial charge in [-0.3, -0.25) is 14.4 Å². The zero-order valence-corrected chi connectivity index (χ0v) is 12.4. The van der Waals surface area contributed by atoms with Crippen LogP contribution < -0.4 is 0 Å². The Hall–Kier alpha value is -2.49. The summed E-state index contributed by atoms with van der Waals surface area (Å²) in [5.74, 6) is -1.17. The summed E-state index contributed by atoms with van der Waals surface area (Å²) in [5.41, 5.74) is 1.38. The number of carbonyl (C=O) groups excluding carboxylic acids is 3. The molecular weight excluding hydrogens is 268 g/mol. The molecule has 0 saturated carbocycles. The first-order valence-corrected chi connectivity index (χ1v) is 6.61. The molecule has 1 aromatic carbocycles. The standard InChI is InChI=1S/C17H16O4/c1-5-6-11-8(2)15(19)13-7-12(10(4)18)16(20)9(3)14(13)17(11)21/h5-7,20H,1-4H3/b6-5+. The van der Waals surface area contributed by atoms with Gasteiger partial charge in [-0.25, -0.2) is 0 Å². The molecule has 0 amide bonds. The van der Waals surface area contributed by atoms with Crippen LogP contribution in [-0.4, -0.2) is 22.5 Å². The van der Waals surface area contributed by atoms with E-state index in [1.165, 1.54) is 13.0 Å². The zero-order chi connectivity index (χ0) is 15.9. The predicted octanol–water partition coefficient (Wildman–Crippen LogP) is 3.17. The maximum Gasteiger partial charge on any atom is 0.194 e. The van der Waals surface area contributed by atoms with Gasteiger partial charge in [-0.05, 0) is 33.8 Å². The van der Waals surface area contributed by atoms with Crippen molar-refractivity contribution in [1.82, 2.24) is 0 Å². The third-order valence-corrected chi connectivity index (χ3v) is 3.72. The fraction of sp³-hybridized carbons (Fsp3) is 0.235. The molecule has 0 fully saturated rings. The molecule has 0 radical (unpaired) electrons. The molecule has 21 heavy (non-hydrogen) atoms. The van der Waals surface area contributed by atoms with Gasteiger partial charge in [-0.2, -0.15) is 0 Å². The third-order valence-electron chi connectivity index (χ3n) is 3.72. The lowest BCUT2D eigenvalue weighted by molar-refractivity contribution is 0.0975. The molecule has 0 atom stereocenters. The Morgan fingerprint density at radius 3 is 2.33 bits per heavy atom. The van der Waals surface area contributed by atoms with E-state index in [9.17, 15) is 19.5 Å². The first-order valence-electron chi connectivity index (χ1n) is 6.61. The van der Waals surface area contributed by atoms with E-state index in [0.717, 1.165) is 0 Å². The second kappa shape index (κ2) is 5.13. The van der Waals surface area contributed by atoms with E-state index in [2.05, 4.69) is 0 Å². The largest absolute Gasteiger partial charge is 0.507 e. The molecule has 1 aliphatic carbocycles. The summed E-state index contributed by atoms with van der Waals surface area (Å²) in [7, 11) is 0.